The Balaban J connectivity index is 2.12. The van der Waals surface area contributed by atoms with Crippen LogP contribution < -0.4 is 0 Å². The van der Waals surface area contributed by atoms with E-state index in [1.165, 1.54) is 0 Å². The minimum atomic E-state index is 0.263. The summed E-state index contributed by atoms with van der Waals surface area (Å²) in [5.74, 6) is 0. The number of piperidine rings is 3. The summed E-state index contributed by atoms with van der Waals surface area (Å²) in [6, 6.07) is 0. The number of nitrogens with zero attached hydrogens (tertiary/aromatic N) is 1. The molecule has 0 aromatic heterocycles. The maximum atomic E-state index is 9.20. The first-order valence-electron chi connectivity index (χ1n) is 4.44. The van der Waals surface area contributed by atoms with Crippen molar-refractivity contribution in [2.24, 2.45) is 5.41 Å². The van der Waals surface area contributed by atoms with Gasteiger partial charge in [-0.05, 0) is 0 Å². The summed E-state index contributed by atoms with van der Waals surface area (Å²) in [6.45, 7) is 3.58. The third-order valence-corrected chi connectivity index (χ3v) is 3.60. The summed E-state index contributed by atoms with van der Waals surface area (Å²) >= 11 is 0. The number of aliphatic hydroxyl groups excluding tert-OH is 1. The Morgan fingerprint density at radius 3 is 2.00 bits per heavy atom. The topological polar surface area (TPSA) is 20.2 Å². The summed E-state index contributed by atoms with van der Waals surface area (Å²) in [5, 5.41) is 9.20. The van der Waals surface area contributed by atoms with Crippen molar-refractivity contribution < 1.29 is 9.50 Å². The third kappa shape index (κ3) is 1.11. The van der Waals surface area contributed by atoms with Crippen molar-refractivity contribution in [2.45, 2.75) is 19.3 Å². The molecule has 3 aliphatic rings. The van der Waals surface area contributed by atoms with Gasteiger partial charge in [-0.1, -0.05) is 0 Å². The molecule has 3 fully saturated rings. The summed E-state index contributed by atoms with van der Waals surface area (Å²) in [5.41, 5.74) is 0.263. The van der Waals surface area contributed by atoms with Crippen LogP contribution in [-0.2, 0) is 0 Å². The average molecular weight is 152 g/mol. The lowest BCUT2D eigenvalue weighted by Crippen LogP contribution is -2.61. The number of hydrogen-bond donors (Lipinski definition) is 1. The molecule has 3 aliphatic heterocycles. The van der Waals surface area contributed by atoms with Gasteiger partial charge in [0.25, 0.3) is 0 Å². The van der Waals surface area contributed by atoms with E-state index in [2.05, 4.69) is 0 Å². The van der Waals surface area contributed by atoms with Crippen molar-refractivity contribution in [3.8, 4) is 0 Å². The van der Waals surface area contributed by atoms with Crippen molar-refractivity contribution >= 4 is 7.98 Å². The molecule has 0 atom stereocenters. The maximum Gasteiger partial charge on any atom is 0.481 e. The molecule has 2 bridgehead atoms. The Hall–Kier alpha value is -0.0151. The highest BCUT2D eigenvalue weighted by atomic mass is 16.3. The van der Waals surface area contributed by atoms with E-state index in [1.54, 1.807) is 0 Å². The van der Waals surface area contributed by atoms with E-state index in [0.717, 1.165) is 43.3 Å². The fourth-order valence-electron chi connectivity index (χ4n) is 2.33. The second kappa shape index (κ2) is 2.24. The van der Waals surface area contributed by atoms with Gasteiger partial charge in [0.2, 0.25) is 0 Å². The first-order valence-corrected chi connectivity index (χ1v) is 4.44. The van der Waals surface area contributed by atoms with E-state index in [1.807, 2.05) is 0 Å². The van der Waals surface area contributed by atoms with Crippen LogP contribution in [0.1, 0.15) is 19.3 Å². The Labute approximate surface area is 69.2 Å². The van der Waals surface area contributed by atoms with E-state index < -0.39 is 0 Å². The fourth-order valence-corrected chi connectivity index (χ4v) is 2.33. The molecule has 0 aliphatic carbocycles. The van der Waals surface area contributed by atoms with E-state index in [-0.39, 0.29) is 5.41 Å². The van der Waals surface area contributed by atoms with Crippen molar-refractivity contribution in [1.29, 1.82) is 0 Å². The van der Waals surface area contributed by atoms with Crippen LogP contribution in [0.4, 0.5) is 0 Å². The van der Waals surface area contributed by atoms with Crippen LogP contribution in [0.25, 0.3) is 0 Å². The third-order valence-electron chi connectivity index (χ3n) is 3.60. The Morgan fingerprint density at radius 2 is 1.64 bits per heavy atom. The Morgan fingerprint density at radius 1 is 1.18 bits per heavy atom. The van der Waals surface area contributed by atoms with Gasteiger partial charge >= 0.3 is 7.98 Å². The van der Waals surface area contributed by atoms with Crippen molar-refractivity contribution in [3.63, 3.8) is 0 Å². The molecule has 2 nitrogen and oxygen atoms in total. The number of rotatable bonds is 1. The molecule has 3 saturated heterocycles. The van der Waals surface area contributed by atoms with Gasteiger partial charge in [-0.3, -0.25) is 0 Å². The molecule has 3 rings (SSSR count). The summed E-state index contributed by atoms with van der Waals surface area (Å²) in [6.07, 6.45) is 3.38. The molecule has 2 radical (unpaired) electrons. The molecule has 1 N–H and O–H groups in total. The molecule has 0 unspecified atom stereocenters. The quantitative estimate of drug-likeness (QED) is 0.527. The molecule has 0 aromatic rings. The zero-order valence-electron chi connectivity index (χ0n) is 6.92. The van der Waals surface area contributed by atoms with Crippen LogP contribution in [0.2, 0.25) is 0 Å². The SMILES string of the molecule is [B][N+]12CCC(CO)(CC1)CC2. The fraction of sp³-hybridized carbons (Fsp3) is 1.00. The number of fused-ring (bicyclic) bond motifs is 3. The normalized spacial score (nSPS) is 49.5. The van der Waals surface area contributed by atoms with E-state index in [0.29, 0.717) is 6.61 Å². The summed E-state index contributed by atoms with van der Waals surface area (Å²) in [7, 11) is 6.07. The van der Waals surface area contributed by atoms with Crippen LogP contribution in [0.3, 0.4) is 0 Å². The molecular formula is C8H15BNO+. The van der Waals surface area contributed by atoms with Gasteiger partial charge in [0.05, 0.1) is 19.6 Å². The van der Waals surface area contributed by atoms with Gasteiger partial charge in [0.15, 0.2) is 0 Å². The minimum Gasteiger partial charge on any atom is -0.397 e. The lowest BCUT2D eigenvalue weighted by Gasteiger charge is -2.53. The van der Waals surface area contributed by atoms with Crippen LogP contribution >= 0.6 is 0 Å². The molecule has 0 amide bonds. The first kappa shape index (κ1) is 7.62. The highest BCUT2D eigenvalue weighted by molar-refractivity contribution is 5.97. The molecule has 0 aromatic carbocycles. The van der Waals surface area contributed by atoms with Gasteiger partial charge in [0.1, 0.15) is 0 Å². The molecule has 11 heavy (non-hydrogen) atoms. The number of quaternary nitrogens is 1. The largest absolute Gasteiger partial charge is 0.481 e. The Kier molecular flexibility index (Phi) is 1.55. The molecule has 3 heteroatoms. The molecule has 0 saturated carbocycles. The van der Waals surface area contributed by atoms with Gasteiger partial charge < -0.3 is 9.50 Å². The highest BCUT2D eigenvalue weighted by Crippen LogP contribution is 2.42. The lowest BCUT2D eigenvalue weighted by atomic mass is 9.70. The van der Waals surface area contributed by atoms with E-state index in [9.17, 15) is 5.11 Å². The van der Waals surface area contributed by atoms with E-state index >= 15 is 0 Å². The van der Waals surface area contributed by atoms with Crippen molar-refractivity contribution in [2.75, 3.05) is 26.2 Å². The van der Waals surface area contributed by atoms with Gasteiger partial charge in [-0.15, -0.1) is 0 Å². The molecule has 0 spiro atoms. The molecule has 3 heterocycles. The number of aliphatic hydroxyl groups is 1. The van der Waals surface area contributed by atoms with Crippen molar-refractivity contribution in [3.05, 3.63) is 0 Å². The van der Waals surface area contributed by atoms with E-state index in [4.69, 9.17) is 7.98 Å². The summed E-state index contributed by atoms with van der Waals surface area (Å²) in [4.78, 5) is 0. The summed E-state index contributed by atoms with van der Waals surface area (Å²) < 4.78 is 0.766. The van der Waals surface area contributed by atoms with Gasteiger partial charge in [-0.2, -0.15) is 0 Å². The highest BCUT2D eigenvalue weighted by Gasteiger charge is 2.45. The zero-order valence-corrected chi connectivity index (χ0v) is 6.92. The number of hydrogen-bond acceptors (Lipinski definition) is 1. The minimum absolute atomic E-state index is 0.263. The second-order valence-corrected chi connectivity index (χ2v) is 4.30. The van der Waals surface area contributed by atoms with Crippen LogP contribution in [0.5, 0.6) is 0 Å². The van der Waals surface area contributed by atoms with Crippen molar-refractivity contribution in [1.82, 2.24) is 0 Å². The first-order chi connectivity index (χ1) is 5.18. The monoisotopic (exact) mass is 152 g/mol. The second-order valence-electron chi connectivity index (χ2n) is 4.30. The average Bonchev–Trinajstić information content (AvgIpc) is 2.07. The standard InChI is InChI=1S/C8H15BNO/c9-10-4-1-8(7-11,2-5-10)3-6-10/h11H,1-7H2/q+1. The van der Waals surface area contributed by atoms with Gasteiger partial charge in [0, 0.05) is 31.3 Å². The lowest BCUT2D eigenvalue weighted by molar-refractivity contribution is -0.839. The smallest absolute Gasteiger partial charge is 0.397 e. The Bertz CT molecular complexity index is 147. The predicted molar refractivity (Wildman–Crippen MR) is 44.0 cm³/mol. The van der Waals surface area contributed by atoms with Crippen LogP contribution in [0, 0.1) is 5.41 Å². The van der Waals surface area contributed by atoms with Gasteiger partial charge in [-0.25, -0.2) is 0 Å². The molecule has 60 valence electrons. The predicted octanol–water partition coefficient (Wildman–Crippen LogP) is 0.0629. The van der Waals surface area contributed by atoms with Crippen LogP contribution in [0.15, 0.2) is 0 Å². The van der Waals surface area contributed by atoms with Crippen LogP contribution in [-0.4, -0.2) is 43.7 Å². The maximum absolute atomic E-state index is 9.20. The zero-order chi connectivity index (χ0) is 7.95. The molecular weight excluding hydrogens is 137 g/mol.